The van der Waals surface area contributed by atoms with Crippen molar-refractivity contribution in [1.29, 1.82) is 0 Å². The van der Waals surface area contributed by atoms with E-state index >= 15 is 0 Å². The highest BCUT2D eigenvalue weighted by atomic mass is 32.2. The van der Waals surface area contributed by atoms with Gasteiger partial charge in [0, 0.05) is 12.2 Å². The van der Waals surface area contributed by atoms with E-state index in [-0.39, 0.29) is 12.5 Å². The highest BCUT2D eigenvalue weighted by Crippen LogP contribution is 2.32. The Balaban J connectivity index is 2.17. The van der Waals surface area contributed by atoms with Crippen molar-refractivity contribution in [3.8, 4) is 0 Å². The number of piperidine rings is 1. The van der Waals surface area contributed by atoms with Gasteiger partial charge in [-0.15, -0.1) is 11.8 Å². The summed E-state index contributed by atoms with van der Waals surface area (Å²) in [6.45, 7) is 0.120. The first-order valence-corrected chi connectivity index (χ1v) is 5.61. The first-order chi connectivity index (χ1) is 6.61. The first-order valence-electron chi connectivity index (χ1n) is 4.56. The van der Waals surface area contributed by atoms with Crippen LogP contribution in [0.3, 0.4) is 0 Å². The summed E-state index contributed by atoms with van der Waals surface area (Å²) >= 11 is 1.45. The molecule has 4 atom stereocenters. The van der Waals surface area contributed by atoms with Crippen LogP contribution in [-0.4, -0.2) is 62.1 Å². The standard InChI is InChI=1S/C8H13NO4S/c10-4-3-9-5(11)1-2-14-8(9)7(13)6(4)12/h4,6-8,10,12-13H,1-3H2/t4-,6+,7+,8+/m1/s1. The minimum absolute atomic E-state index is 0.0567. The molecule has 6 heteroatoms. The number of rotatable bonds is 0. The van der Waals surface area contributed by atoms with Crippen LogP contribution in [0.4, 0.5) is 0 Å². The Morgan fingerprint density at radius 1 is 1.29 bits per heavy atom. The number of aliphatic hydroxyl groups excluding tert-OH is 3. The molecule has 0 saturated carbocycles. The van der Waals surface area contributed by atoms with Crippen molar-refractivity contribution in [2.45, 2.75) is 30.1 Å². The maximum Gasteiger partial charge on any atom is 0.224 e. The lowest BCUT2D eigenvalue weighted by Gasteiger charge is -2.45. The summed E-state index contributed by atoms with van der Waals surface area (Å²) in [5.74, 6) is 0.610. The van der Waals surface area contributed by atoms with Crippen LogP contribution in [0.1, 0.15) is 6.42 Å². The lowest BCUT2D eigenvalue weighted by atomic mass is 10.0. The van der Waals surface area contributed by atoms with Crippen molar-refractivity contribution in [1.82, 2.24) is 4.90 Å². The maximum absolute atomic E-state index is 11.4. The second-order valence-corrected chi connectivity index (χ2v) is 4.83. The third-order valence-electron chi connectivity index (χ3n) is 2.65. The summed E-state index contributed by atoms with van der Waals surface area (Å²) in [6, 6.07) is 0. The van der Waals surface area contributed by atoms with Crippen LogP contribution in [0.5, 0.6) is 0 Å². The molecule has 80 valence electrons. The molecule has 0 aromatic heterocycles. The minimum atomic E-state index is -1.14. The topological polar surface area (TPSA) is 81.0 Å². The third-order valence-corrected chi connectivity index (χ3v) is 3.97. The second-order valence-electron chi connectivity index (χ2n) is 3.61. The number of hydrogen-bond donors (Lipinski definition) is 3. The highest BCUT2D eigenvalue weighted by molar-refractivity contribution is 8.00. The van der Waals surface area contributed by atoms with Crippen molar-refractivity contribution in [3.63, 3.8) is 0 Å². The normalized spacial score (nSPS) is 43.6. The van der Waals surface area contributed by atoms with Gasteiger partial charge in [-0.1, -0.05) is 0 Å². The molecule has 0 aromatic carbocycles. The molecule has 0 unspecified atom stereocenters. The maximum atomic E-state index is 11.4. The molecule has 2 aliphatic rings. The van der Waals surface area contributed by atoms with Crippen molar-refractivity contribution in [3.05, 3.63) is 0 Å². The van der Waals surface area contributed by atoms with Crippen LogP contribution < -0.4 is 0 Å². The van der Waals surface area contributed by atoms with Gasteiger partial charge in [-0.3, -0.25) is 4.79 Å². The van der Waals surface area contributed by atoms with Crippen LogP contribution in [-0.2, 0) is 4.79 Å². The van der Waals surface area contributed by atoms with E-state index in [0.717, 1.165) is 0 Å². The lowest BCUT2D eigenvalue weighted by molar-refractivity contribution is -0.153. The minimum Gasteiger partial charge on any atom is -0.388 e. The van der Waals surface area contributed by atoms with Gasteiger partial charge in [0.25, 0.3) is 0 Å². The predicted octanol–water partition coefficient (Wildman–Crippen LogP) is -1.63. The van der Waals surface area contributed by atoms with Crippen LogP contribution in [0.2, 0.25) is 0 Å². The number of nitrogens with zero attached hydrogens (tertiary/aromatic N) is 1. The zero-order chi connectivity index (χ0) is 10.3. The average molecular weight is 219 g/mol. The predicted molar refractivity (Wildman–Crippen MR) is 50.6 cm³/mol. The molecule has 0 aliphatic carbocycles. The number of thioether (sulfide) groups is 1. The van der Waals surface area contributed by atoms with Crippen LogP contribution in [0.25, 0.3) is 0 Å². The lowest BCUT2D eigenvalue weighted by Crippen LogP contribution is -2.62. The molecule has 2 rings (SSSR count). The fourth-order valence-electron chi connectivity index (χ4n) is 1.84. The summed E-state index contributed by atoms with van der Waals surface area (Å²) in [7, 11) is 0. The average Bonchev–Trinajstić information content (AvgIpc) is 2.17. The number of fused-ring (bicyclic) bond motifs is 1. The van der Waals surface area contributed by atoms with Gasteiger partial charge in [0.05, 0.1) is 6.54 Å². The van der Waals surface area contributed by atoms with E-state index in [1.54, 1.807) is 0 Å². The number of hydrogen-bond acceptors (Lipinski definition) is 5. The Hall–Kier alpha value is -0.300. The summed E-state index contributed by atoms with van der Waals surface area (Å²) in [4.78, 5) is 12.9. The monoisotopic (exact) mass is 219 g/mol. The van der Waals surface area contributed by atoms with Gasteiger partial charge in [-0.05, 0) is 0 Å². The van der Waals surface area contributed by atoms with Gasteiger partial charge >= 0.3 is 0 Å². The fourth-order valence-corrected chi connectivity index (χ4v) is 3.11. The van der Waals surface area contributed by atoms with Gasteiger partial charge < -0.3 is 20.2 Å². The number of carbonyl (C=O) groups is 1. The quantitative estimate of drug-likeness (QED) is 0.456. The molecular weight excluding hydrogens is 206 g/mol. The largest absolute Gasteiger partial charge is 0.388 e. The molecule has 2 aliphatic heterocycles. The summed E-state index contributed by atoms with van der Waals surface area (Å²) < 4.78 is 0. The van der Waals surface area contributed by atoms with E-state index in [1.807, 2.05) is 0 Å². The molecule has 3 N–H and O–H groups in total. The van der Waals surface area contributed by atoms with Crippen molar-refractivity contribution in [2.75, 3.05) is 12.3 Å². The Morgan fingerprint density at radius 2 is 2.00 bits per heavy atom. The van der Waals surface area contributed by atoms with Gasteiger partial charge in [0.2, 0.25) is 5.91 Å². The third kappa shape index (κ3) is 1.52. The zero-order valence-electron chi connectivity index (χ0n) is 7.54. The molecule has 5 nitrogen and oxygen atoms in total. The summed E-state index contributed by atoms with van der Waals surface area (Å²) in [5, 5.41) is 28.1. The van der Waals surface area contributed by atoms with Gasteiger partial charge in [0.15, 0.2) is 0 Å². The molecule has 1 amide bonds. The molecule has 0 aromatic rings. The van der Waals surface area contributed by atoms with Gasteiger partial charge in [0.1, 0.15) is 23.7 Å². The second kappa shape index (κ2) is 3.69. The molecule has 2 saturated heterocycles. The molecule has 2 heterocycles. The molecule has 0 spiro atoms. The molecule has 0 bridgehead atoms. The Bertz CT molecular complexity index is 249. The van der Waals surface area contributed by atoms with Crippen molar-refractivity contribution >= 4 is 17.7 Å². The van der Waals surface area contributed by atoms with Crippen LogP contribution in [0, 0.1) is 0 Å². The Morgan fingerprint density at radius 3 is 2.71 bits per heavy atom. The smallest absolute Gasteiger partial charge is 0.224 e. The van der Waals surface area contributed by atoms with Crippen LogP contribution in [0.15, 0.2) is 0 Å². The molecule has 14 heavy (non-hydrogen) atoms. The molecule has 2 fully saturated rings. The fraction of sp³-hybridized carbons (Fsp3) is 0.875. The Labute approximate surface area is 85.7 Å². The zero-order valence-corrected chi connectivity index (χ0v) is 8.35. The first kappa shape index (κ1) is 10.2. The van der Waals surface area contributed by atoms with Crippen LogP contribution >= 0.6 is 11.8 Å². The van der Waals surface area contributed by atoms with E-state index in [9.17, 15) is 20.1 Å². The van der Waals surface area contributed by atoms with Crippen molar-refractivity contribution < 1.29 is 20.1 Å². The number of aliphatic hydroxyl groups is 3. The summed E-state index contributed by atoms with van der Waals surface area (Å²) in [6.07, 6.45) is -2.79. The van der Waals surface area contributed by atoms with Gasteiger partial charge in [-0.25, -0.2) is 0 Å². The van der Waals surface area contributed by atoms with Gasteiger partial charge in [-0.2, -0.15) is 0 Å². The Kier molecular flexibility index (Phi) is 2.70. The van der Waals surface area contributed by atoms with E-state index in [0.29, 0.717) is 12.2 Å². The number of carbonyl (C=O) groups excluding carboxylic acids is 1. The van der Waals surface area contributed by atoms with E-state index < -0.39 is 23.7 Å². The van der Waals surface area contributed by atoms with Crippen molar-refractivity contribution in [2.24, 2.45) is 0 Å². The molecule has 0 radical (unpaired) electrons. The van der Waals surface area contributed by atoms with E-state index in [1.165, 1.54) is 16.7 Å². The molecular formula is C8H13NO4S. The number of amides is 1. The summed E-state index contributed by atoms with van der Waals surface area (Å²) in [5.41, 5.74) is 0. The van der Waals surface area contributed by atoms with E-state index in [2.05, 4.69) is 0 Å². The highest BCUT2D eigenvalue weighted by Gasteiger charge is 2.45. The van der Waals surface area contributed by atoms with E-state index in [4.69, 9.17) is 0 Å². The SMILES string of the molecule is O=C1CCS[C@H]2[C@@H](O)[C@@H](O)[C@H](O)CN12.